The second kappa shape index (κ2) is 5.56. The number of nitrogens with two attached hydrogens (primary N) is 1. The van der Waals surface area contributed by atoms with Crippen molar-refractivity contribution in [1.29, 1.82) is 0 Å². The maximum atomic E-state index is 12.4. The van der Waals surface area contributed by atoms with E-state index < -0.39 is 0 Å². The number of nitrogens with one attached hydrogen (secondary N) is 1. The van der Waals surface area contributed by atoms with E-state index in [0.717, 1.165) is 25.0 Å². The van der Waals surface area contributed by atoms with E-state index in [1.165, 1.54) is 11.1 Å². The number of hydrogen-bond donors (Lipinski definition) is 2. The molecule has 0 fully saturated rings. The van der Waals surface area contributed by atoms with Crippen LogP contribution >= 0.6 is 0 Å². The van der Waals surface area contributed by atoms with Gasteiger partial charge in [0.25, 0.3) is 5.91 Å². The normalized spacial score (nSPS) is 17.1. The van der Waals surface area contributed by atoms with Gasteiger partial charge in [-0.25, -0.2) is 4.98 Å². The molecule has 0 bridgehead atoms. The molecule has 4 heteroatoms. The smallest absolute Gasteiger partial charge is 0.251 e. The first kappa shape index (κ1) is 13.6. The summed E-state index contributed by atoms with van der Waals surface area (Å²) in [7, 11) is 0. The van der Waals surface area contributed by atoms with Crippen LogP contribution in [-0.4, -0.2) is 10.9 Å². The van der Waals surface area contributed by atoms with Crippen molar-refractivity contribution in [3.8, 4) is 0 Å². The van der Waals surface area contributed by atoms with Gasteiger partial charge in [-0.15, -0.1) is 0 Å². The summed E-state index contributed by atoms with van der Waals surface area (Å²) in [4.78, 5) is 16.5. The lowest BCUT2D eigenvalue weighted by Gasteiger charge is -2.26. The average molecular weight is 281 g/mol. The zero-order valence-electron chi connectivity index (χ0n) is 12.1. The summed E-state index contributed by atoms with van der Waals surface area (Å²) in [6.45, 7) is 1.84. The summed E-state index contributed by atoms with van der Waals surface area (Å²) >= 11 is 0. The van der Waals surface area contributed by atoms with Crippen LogP contribution < -0.4 is 11.1 Å². The highest BCUT2D eigenvalue weighted by atomic mass is 16.1. The van der Waals surface area contributed by atoms with Crippen molar-refractivity contribution < 1.29 is 4.79 Å². The summed E-state index contributed by atoms with van der Waals surface area (Å²) in [6, 6.07) is 11.8. The Balaban J connectivity index is 1.82. The maximum Gasteiger partial charge on any atom is 0.251 e. The van der Waals surface area contributed by atoms with Crippen molar-refractivity contribution in [2.45, 2.75) is 32.2 Å². The van der Waals surface area contributed by atoms with Gasteiger partial charge in [0.2, 0.25) is 0 Å². The number of fused-ring (bicyclic) bond motifs is 1. The molecule has 1 heterocycles. The quantitative estimate of drug-likeness (QED) is 0.889. The number of aryl methyl sites for hydroxylation is 2. The molecule has 0 saturated heterocycles. The molecule has 1 atom stereocenters. The summed E-state index contributed by atoms with van der Waals surface area (Å²) in [5.74, 6) is 0.290. The van der Waals surface area contributed by atoms with E-state index in [1.807, 2.05) is 13.0 Å². The van der Waals surface area contributed by atoms with Gasteiger partial charge >= 0.3 is 0 Å². The van der Waals surface area contributed by atoms with Crippen LogP contribution in [0, 0.1) is 6.92 Å². The van der Waals surface area contributed by atoms with Gasteiger partial charge in [-0.2, -0.15) is 0 Å². The molecule has 2 aromatic rings. The van der Waals surface area contributed by atoms with Crippen molar-refractivity contribution in [2.24, 2.45) is 0 Å². The Kier molecular flexibility index (Phi) is 3.60. The van der Waals surface area contributed by atoms with Crippen LogP contribution in [0.15, 0.2) is 36.4 Å². The zero-order valence-corrected chi connectivity index (χ0v) is 12.1. The van der Waals surface area contributed by atoms with Crippen molar-refractivity contribution in [2.75, 3.05) is 5.73 Å². The number of hydrogen-bond acceptors (Lipinski definition) is 3. The van der Waals surface area contributed by atoms with Crippen LogP contribution in [-0.2, 0) is 6.42 Å². The standard InChI is InChI=1S/C17H19N3O/c1-11-9-13(10-16(18)19-11)17(21)20-15-8-4-6-12-5-2-3-7-14(12)15/h2-3,5,7,9-10,15H,4,6,8H2,1H3,(H2,18,19)(H,20,21). The Labute approximate surface area is 124 Å². The third kappa shape index (κ3) is 2.89. The van der Waals surface area contributed by atoms with Crippen LogP contribution in [0.2, 0.25) is 0 Å². The molecular formula is C17H19N3O. The van der Waals surface area contributed by atoms with Gasteiger partial charge in [0.05, 0.1) is 6.04 Å². The number of nitrogens with zero attached hydrogens (tertiary/aromatic N) is 1. The second-order valence-electron chi connectivity index (χ2n) is 5.54. The number of anilines is 1. The van der Waals surface area contributed by atoms with Crippen LogP contribution in [0.5, 0.6) is 0 Å². The SMILES string of the molecule is Cc1cc(C(=O)NC2CCCc3ccccc32)cc(N)n1. The molecule has 108 valence electrons. The Morgan fingerprint density at radius 2 is 2.14 bits per heavy atom. The van der Waals surface area contributed by atoms with Gasteiger partial charge < -0.3 is 11.1 Å². The molecule has 1 aromatic carbocycles. The van der Waals surface area contributed by atoms with E-state index >= 15 is 0 Å². The molecule has 1 amide bonds. The molecular weight excluding hydrogens is 262 g/mol. The van der Waals surface area contributed by atoms with Gasteiger partial charge in [0, 0.05) is 11.3 Å². The highest BCUT2D eigenvalue weighted by Crippen LogP contribution is 2.29. The summed E-state index contributed by atoms with van der Waals surface area (Å²) in [5.41, 5.74) is 9.61. The molecule has 3 rings (SSSR count). The number of amides is 1. The van der Waals surface area contributed by atoms with E-state index in [2.05, 4.69) is 28.5 Å². The minimum absolute atomic E-state index is 0.0807. The molecule has 0 spiro atoms. The van der Waals surface area contributed by atoms with E-state index in [9.17, 15) is 4.79 Å². The van der Waals surface area contributed by atoms with E-state index in [-0.39, 0.29) is 11.9 Å². The fourth-order valence-electron chi connectivity index (χ4n) is 2.97. The highest BCUT2D eigenvalue weighted by molar-refractivity contribution is 5.95. The molecule has 3 N–H and O–H groups in total. The van der Waals surface area contributed by atoms with Gasteiger partial charge in [0.15, 0.2) is 0 Å². The van der Waals surface area contributed by atoms with Crippen LogP contribution in [0.4, 0.5) is 5.82 Å². The third-order valence-electron chi connectivity index (χ3n) is 3.91. The number of carbonyl (C=O) groups is 1. The van der Waals surface area contributed by atoms with E-state index in [0.29, 0.717) is 11.4 Å². The second-order valence-corrected chi connectivity index (χ2v) is 5.54. The monoisotopic (exact) mass is 281 g/mol. The number of nitrogen functional groups attached to an aromatic ring is 1. The summed E-state index contributed by atoms with van der Waals surface area (Å²) < 4.78 is 0. The highest BCUT2D eigenvalue weighted by Gasteiger charge is 2.22. The minimum Gasteiger partial charge on any atom is -0.384 e. The van der Waals surface area contributed by atoms with Crippen molar-refractivity contribution >= 4 is 11.7 Å². The molecule has 1 aromatic heterocycles. The van der Waals surface area contributed by atoms with Crippen LogP contribution in [0.3, 0.4) is 0 Å². The van der Waals surface area contributed by atoms with Crippen molar-refractivity contribution in [3.05, 3.63) is 58.8 Å². The lowest BCUT2D eigenvalue weighted by atomic mass is 9.87. The fraction of sp³-hybridized carbons (Fsp3) is 0.294. The minimum atomic E-state index is -0.0890. The predicted octanol–water partition coefficient (Wildman–Crippen LogP) is 2.78. The molecule has 1 aliphatic rings. The van der Waals surface area contributed by atoms with Gasteiger partial charge in [-0.1, -0.05) is 24.3 Å². The third-order valence-corrected chi connectivity index (χ3v) is 3.91. The Morgan fingerprint density at radius 1 is 1.33 bits per heavy atom. The molecule has 0 radical (unpaired) electrons. The van der Waals surface area contributed by atoms with Crippen LogP contribution in [0.25, 0.3) is 0 Å². The number of rotatable bonds is 2. The van der Waals surface area contributed by atoms with E-state index in [1.54, 1.807) is 12.1 Å². The van der Waals surface area contributed by atoms with Crippen LogP contribution in [0.1, 0.15) is 46.1 Å². The average Bonchev–Trinajstić information content (AvgIpc) is 2.46. The molecule has 1 unspecified atom stereocenters. The Hall–Kier alpha value is -2.36. The predicted molar refractivity (Wildman–Crippen MR) is 83.0 cm³/mol. The first-order chi connectivity index (χ1) is 10.1. The molecule has 21 heavy (non-hydrogen) atoms. The first-order valence-corrected chi connectivity index (χ1v) is 7.26. The lowest BCUT2D eigenvalue weighted by Crippen LogP contribution is -2.31. The largest absolute Gasteiger partial charge is 0.384 e. The Morgan fingerprint density at radius 3 is 2.95 bits per heavy atom. The number of carbonyl (C=O) groups excluding carboxylic acids is 1. The summed E-state index contributed by atoms with van der Waals surface area (Å²) in [6.07, 6.45) is 3.16. The first-order valence-electron chi connectivity index (χ1n) is 7.26. The maximum absolute atomic E-state index is 12.4. The molecule has 4 nitrogen and oxygen atoms in total. The van der Waals surface area contributed by atoms with Gasteiger partial charge in [-0.05, 0) is 49.4 Å². The zero-order chi connectivity index (χ0) is 14.8. The number of benzene rings is 1. The van der Waals surface area contributed by atoms with Gasteiger partial charge in [0.1, 0.15) is 5.82 Å². The van der Waals surface area contributed by atoms with Crippen molar-refractivity contribution in [1.82, 2.24) is 10.3 Å². The lowest BCUT2D eigenvalue weighted by molar-refractivity contribution is 0.0932. The molecule has 1 aliphatic carbocycles. The topological polar surface area (TPSA) is 68.0 Å². The fourth-order valence-corrected chi connectivity index (χ4v) is 2.97. The molecule has 0 aliphatic heterocycles. The van der Waals surface area contributed by atoms with E-state index in [4.69, 9.17) is 5.73 Å². The van der Waals surface area contributed by atoms with Gasteiger partial charge in [-0.3, -0.25) is 4.79 Å². The summed E-state index contributed by atoms with van der Waals surface area (Å²) in [5, 5.41) is 3.12. The number of aromatic nitrogens is 1. The number of pyridine rings is 1. The molecule has 0 saturated carbocycles. The van der Waals surface area contributed by atoms with Crippen molar-refractivity contribution in [3.63, 3.8) is 0 Å². The Bertz CT molecular complexity index is 661.